The first kappa shape index (κ1) is 14.8. The minimum atomic E-state index is -3.17. The van der Waals surface area contributed by atoms with E-state index in [2.05, 4.69) is 10.3 Å². The predicted molar refractivity (Wildman–Crippen MR) is 75.0 cm³/mol. The Morgan fingerprint density at radius 1 is 1.55 bits per heavy atom. The summed E-state index contributed by atoms with van der Waals surface area (Å²) in [6, 6.07) is 5.29. The highest BCUT2D eigenvalue weighted by Crippen LogP contribution is 2.23. The second kappa shape index (κ2) is 5.38. The first-order valence-electron chi connectivity index (χ1n) is 6.37. The maximum atomic E-state index is 11.6. The van der Waals surface area contributed by atoms with Crippen molar-refractivity contribution in [1.82, 2.24) is 4.98 Å². The summed E-state index contributed by atoms with van der Waals surface area (Å²) in [5.74, 6) is -0.0789. The van der Waals surface area contributed by atoms with Gasteiger partial charge in [0.05, 0.1) is 17.1 Å². The zero-order valence-electron chi connectivity index (χ0n) is 11.3. The van der Waals surface area contributed by atoms with Crippen molar-refractivity contribution in [2.75, 3.05) is 23.4 Å². The van der Waals surface area contributed by atoms with Crippen LogP contribution in [-0.2, 0) is 9.84 Å². The molecule has 0 aliphatic carbocycles. The van der Waals surface area contributed by atoms with Gasteiger partial charge in [0.1, 0.15) is 11.8 Å². The van der Waals surface area contributed by atoms with Crippen molar-refractivity contribution in [3.8, 4) is 6.07 Å². The lowest BCUT2D eigenvalue weighted by molar-refractivity contribution is 0.0632. The molecule has 1 fully saturated rings. The van der Waals surface area contributed by atoms with Crippen LogP contribution in [0.25, 0.3) is 0 Å². The second-order valence-corrected chi connectivity index (χ2v) is 7.45. The lowest BCUT2D eigenvalue weighted by Crippen LogP contribution is -2.47. The van der Waals surface area contributed by atoms with Gasteiger partial charge < -0.3 is 10.4 Å². The number of nitriles is 1. The molecule has 0 aromatic carbocycles. The number of sulfone groups is 1. The summed E-state index contributed by atoms with van der Waals surface area (Å²) in [6.45, 7) is 1.91. The van der Waals surface area contributed by atoms with Gasteiger partial charge in [-0.05, 0) is 31.9 Å². The van der Waals surface area contributed by atoms with E-state index in [1.54, 1.807) is 19.1 Å². The van der Waals surface area contributed by atoms with Crippen LogP contribution in [0.4, 0.5) is 5.69 Å². The van der Waals surface area contributed by atoms with E-state index >= 15 is 0 Å². The van der Waals surface area contributed by atoms with E-state index in [4.69, 9.17) is 5.26 Å². The molecule has 2 heterocycles. The fraction of sp³-hybridized carbons (Fsp3) is 0.538. The summed E-state index contributed by atoms with van der Waals surface area (Å²) >= 11 is 0. The third kappa shape index (κ3) is 3.68. The molecule has 1 aromatic heterocycles. The molecular weight excluding hydrogens is 278 g/mol. The van der Waals surface area contributed by atoms with Gasteiger partial charge >= 0.3 is 0 Å². The van der Waals surface area contributed by atoms with Gasteiger partial charge in [-0.25, -0.2) is 13.4 Å². The molecular formula is C13H17N3O3S. The summed E-state index contributed by atoms with van der Waals surface area (Å²) in [5.41, 5.74) is 0.386. The highest BCUT2D eigenvalue weighted by atomic mass is 32.2. The Kier molecular flexibility index (Phi) is 3.97. The molecule has 1 aromatic rings. The van der Waals surface area contributed by atoms with Crippen molar-refractivity contribution in [2.24, 2.45) is 0 Å². The fourth-order valence-electron chi connectivity index (χ4n) is 2.41. The lowest BCUT2D eigenvalue weighted by atomic mass is 10.00. The van der Waals surface area contributed by atoms with Gasteiger partial charge in [-0.15, -0.1) is 0 Å². The molecule has 0 spiro atoms. The molecule has 2 rings (SSSR count). The molecule has 1 aliphatic heterocycles. The molecule has 0 saturated carbocycles. The Morgan fingerprint density at radius 2 is 2.30 bits per heavy atom. The highest BCUT2D eigenvalue weighted by Gasteiger charge is 2.36. The maximum absolute atomic E-state index is 11.6. The summed E-state index contributed by atoms with van der Waals surface area (Å²) in [6.07, 6.45) is 0.924. The van der Waals surface area contributed by atoms with Crippen molar-refractivity contribution in [3.63, 3.8) is 0 Å². The minimum Gasteiger partial charge on any atom is -0.387 e. The van der Waals surface area contributed by atoms with E-state index in [0.717, 1.165) is 0 Å². The Labute approximate surface area is 118 Å². The van der Waals surface area contributed by atoms with Crippen LogP contribution >= 0.6 is 0 Å². The van der Waals surface area contributed by atoms with Gasteiger partial charge in [0.25, 0.3) is 0 Å². The average molecular weight is 295 g/mol. The van der Waals surface area contributed by atoms with Gasteiger partial charge in [-0.2, -0.15) is 5.26 Å². The number of aliphatic hydroxyl groups is 1. The Bertz CT molecular complexity index is 651. The van der Waals surface area contributed by atoms with Crippen LogP contribution in [0.5, 0.6) is 0 Å². The van der Waals surface area contributed by atoms with Crippen LogP contribution < -0.4 is 5.32 Å². The predicted octanol–water partition coefficient (Wildman–Crippen LogP) is 0.613. The molecule has 20 heavy (non-hydrogen) atoms. The monoisotopic (exact) mass is 295 g/mol. The molecule has 7 heteroatoms. The SMILES string of the molecule is Cc1cc(NCC2(O)CCCS(=O)(=O)C2)cc(C#N)n1. The number of pyridine rings is 1. The quantitative estimate of drug-likeness (QED) is 0.847. The van der Waals surface area contributed by atoms with E-state index in [0.29, 0.717) is 24.2 Å². The van der Waals surface area contributed by atoms with Crippen molar-refractivity contribution in [2.45, 2.75) is 25.4 Å². The van der Waals surface area contributed by atoms with Gasteiger partial charge in [-0.3, -0.25) is 0 Å². The van der Waals surface area contributed by atoms with Crippen LogP contribution in [0, 0.1) is 18.3 Å². The number of hydrogen-bond donors (Lipinski definition) is 2. The van der Waals surface area contributed by atoms with Crippen molar-refractivity contribution in [1.29, 1.82) is 5.26 Å². The van der Waals surface area contributed by atoms with E-state index in [9.17, 15) is 13.5 Å². The van der Waals surface area contributed by atoms with E-state index in [1.807, 2.05) is 6.07 Å². The summed E-state index contributed by atoms with van der Waals surface area (Å²) in [4.78, 5) is 4.03. The Hall–Kier alpha value is -1.65. The fourth-order valence-corrected chi connectivity index (χ4v) is 4.20. The first-order chi connectivity index (χ1) is 9.32. The molecule has 108 valence electrons. The highest BCUT2D eigenvalue weighted by molar-refractivity contribution is 7.91. The van der Waals surface area contributed by atoms with Crippen LogP contribution in [0.2, 0.25) is 0 Å². The first-order valence-corrected chi connectivity index (χ1v) is 8.20. The largest absolute Gasteiger partial charge is 0.387 e. The third-order valence-electron chi connectivity index (χ3n) is 3.28. The Morgan fingerprint density at radius 3 is 2.95 bits per heavy atom. The maximum Gasteiger partial charge on any atom is 0.153 e. The topological polar surface area (TPSA) is 103 Å². The summed E-state index contributed by atoms with van der Waals surface area (Å²) in [5, 5.41) is 22.2. The molecule has 1 atom stereocenters. The van der Waals surface area contributed by atoms with Gasteiger partial charge in [0.2, 0.25) is 0 Å². The normalized spacial score (nSPS) is 24.9. The number of rotatable bonds is 3. The summed E-state index contributed by atoms with van der Waals surface area (Å²) in [7, 11) is -3.17. The van der Waals surface area contributed by atoms with Crippen LogP contribution in [0.3, 0.4) is 0 Å². The standard InChI is InChI=1S/C13H17N3O3S/c1-10-5-11(6-12(7-14)16-10)15-8-13(17)3-2-4-20(18,19)9-13/h5-6,17H,2-4,8-9H2,1H3,(H,15,16). The molecule has 0 amide bonds. The van der Waals surface area contributed by atoms with Crippen molar-refractivity contribution in [3.05, 3.63) is 23.5 Å². The summed E-state index contributed by atoms with van der Waals surface area (Å²) < 4.78 is 23.2. The van der Waals surface area contributed by atoms with Crippen LogP contribution in [0.1, 0.15) is 24.2 Å². The van der Waals surface area contributed by atoms with Crippen molar-refractivity contribution < 1.29 is 13.5 Å². The third-order valence-corrected chi connectivity index (χ3v) is 5.16. The van der Waals surface area contributed by atoms with E-state index in [-0.39, 0.29) is 23.7 Å². The number of anilines is 1. The average Bonchev–Trinajstić information content (AvgIpc) is 2.34. The van der Waals surface area contributed by atoms with E-state index in [1.165, 1.54) is 0 Å². The molecule has 0 radical (unpaired) electrons. The zero-order chi connectivity index (χ0) is 14.8. The smallest absolute Gasteiger partial charge is 0.153 e. The molecule has 1 unspecified atom stereocenters. The minimum absolute atomic E-state index is 0.139. The molecule has 0 bridgehead atoms. The number of aromatic nitrogens is 1. The molecule has 6 nitrogen and oxygen atoms in total. The van der Waals surface area contributed by atoms with Crippen LogP contribution in [-0.4, -0.2) is 42.2 Å². The van der Waals surface area contributed by atoms with E-state index < -0.39 is 15.4 Å². The van der Waals surface area contributed by atoms with Crippen LogP contribution in [0.15, 0.2) is 12.1 Å². The molecule has 1 aliphatic rings. The van der Waals surface area contributed by atoms with Gasteiger partial charge in [0.15, 0.2) is 9.84 Å². The Balaban J connectivity index is 2.08. The van der Waals surface area contributed by atoms with Gasteiger partial charge in [-0.1, -0.05) is 0 Å². The zero-order valence-corrected chi connectivity index (χ0v) is 12.1. The number of aryl methyl sites for hydroxylation is 1. The number of hydrogen-bond acceptors (Lipinski definition) is 6. The lowest BCUT2D eigenvalue weighted by Gasteiger charge is -2.32. The molecule has 1 saturated heterocycles. The van der Waals surface area contributed by atoms with Gasteiger partial charge in [0, 0.05) is 17.9 Å². The number of nitrogens with zero attached hydrogens (tertiary/aromatic N) is 2. The second-order valence-electron chi connectivity index (χ2n) is 5.27. The van der Waals surface area contributed by atoms with Crippen molar-refractivity contribution >= 4 is 15.5 Å². The number of nitrogens with one attached hydrogen (secondary N) is 1. The molecule has 2 N–H and O–H groups in total.